The van der Waals surface area contributed by atoms with E-state index in [4.69, 9.17) is 0 Å². The summed E-state index contributed by atoms with van der Waals surface area (Å²) in [6.45, 7) is 0. The van der Waals surface area contributed by atoms with Crippen molar-refractivity contribution >= 4 is 11.6 Å². The Morgan fingerprint density at radius 2 is 1.88 bits per heavy atom. The van der Waals surface area contributed by atoms with E-state index >= 15 is 0 Å². The van der Waals surface area contributed by atoms with Gasteiger partial charge >= 0.3 is 6.18 Å². The van der Waals surface area contributed by atoms with E-state index in [1.165, 1.54) is 13.1 Å². The van der Waals surface area contributed by atoms with Crippen LogP contribution < -0.4 is 10.6 Å². The Morgan fingerprint density at radius 3 is 2.29 bits per heavy atom. The first kappa shape index (κ1) is 12.0. The number of nitrogens with zero attached hydrogens (tertiary/aromatic N) is 1. The number of hydrogen-bond donors (Lipinski definition) is 2. The standard InChI is InChI=1S/C11H14F3N3/c1-15-8-5-7(6-3-4-6)9(11(12,13)14)10(16-2)17-8/h5-6H,3-4H2,1-2H3,(H2,15,16,17). The maximum atomic E-state index is 13.0. The molecule has 0 amide bonds. The molecule has 0 radical (unpaired) electrons. The SMILES string of the molecule is CNc1cc(C2CC2)c(C(F)(F)F)c(NC)n1. The molecule has 1 heterocycles. The summed E-state index contributed by atoms with van der Waals surface area (Å²) in [6.07, 6.45) is -2.73. The molecule has 0 bridgehead atoms. The van der Waals surface area contributed by atoms with Crippen molar-refractivity contribution in [1.82, 2.24) is 4.98 Å². The Balaban J connectivity index is 2.60. The zero-order valence-electron chi connectivity index (χ0n) is 9.65. The van der Waals surface area contributed by atoms with Crippen LogP contribution in [0.4, 0.5) is 24.8 Å². The van der Waals surface area contributed by atoms with Gasteiger partial charge in [0, 0.05) is 14.1 Å². The van der Waals surface area contributed by atoms with Crippen molar-refractivity contribution in [1.29, 1.82) is 0 Å². The number of hydrogen-bond acceptors (Lipinski definition) is 3. The lowest BCUT2D eigenvalue weighted by Crippen LogP contribution is -2.14. The molecule has 1 aliphatic carbocycles. The largest absolute Gasteiger partial charge is 0.420 e. The predicted octanol–water partition coefficient (Wildman–Crippen LogP) is 3.06. The molecule has 0 unspecified atom stereocenters. The van der Waals surface area contributed by atoms with E-state index in [0.29, 0.717) is 11.4 Å². The molecule has 1 aromatic heterocycles. The van der Waals surface area contributed by atoms with E-state index in [1.54, 1.807) is 7.05 Å². The number of halogens is 3. The summed E-state index contributed by atoms with van der Waals surface area (Å²) < 4.78 is 39.1. The van der Waals surface area contributed by atoms with Crippen LogP contribution in [0.5, 0.6) is 0 Å². The second kappa shape index (κ2) is 4.09. The highest BCUT2D eigenvalue weighted by Crippen LogP contribution is 2.48. The zero-order chi connectivity index (χ0) is 12.6. The van der Waals surface area contributed by atoms with Gasteiger partial charge in [-0.1, -0.05) is 0 Å². The Bertz CT molecular complexity index is 425. The molecular weight excluding hydrogens is 231 g/mol. The van der Waals surface area contributed by atoms with Crippen molar-refractivity contribution in [2.45, 2.75) is 24.9 Å². The lowest BCUT2D eigenvalue weighted by molar-refractivity contribution is -0.137. The minimum atomic E-state index is -4.37. The van der Waals surface area contributed by atoms with Gasteiger partial charge in [0.1, 0.15) is 17.2 Å². The van der Waals surface area contributed by atoms with Crippen molar-refractivity contribution in [3.63, 3.8) is 0 Å². The summed E-state index contributed by atoms with van der Waals surface area (Å²) in [5.41, 5.74) is -0.275. The molecule has 0 atom stereocenters. The van der Waals surface area contributed by atoms with Gasteiger partial charge in [-0.05, 0) is 30.4 Å². The first-order valence-electron chi connectivity index (χ1n) is 5.45. The van der Waals surface area contributed by atoms with Gasteiger partial charge < -0.3 is 10.6 Å². The Kier molecular flexibility index (Phi) is 2.89. The normalized spacial score (nSPS) is 15.8. The number of nitrogens with one attached hydrogen (secondary N) is 2. The number of pyridine rings is 1. The lowest BCUT2D eigenvalue weighted by atomic mass is 10.0. The molecular formula is C11H14F3N3. The molecule has 1 saturated carbocycles. The highest BCUT2D eigenvalue weighted by Gasteiger charge is 2.41. The second-order valence-corrected chi connectivity index (χ2v) is 4.09. The summed E-state index contributed by atoms with van der Waals surface area (Å²) >= 11 is 0. The smallest absolute Gasteiger partial charge is 0.373 e. The van der Waals surface area contributed by atoms with Crippen LogP contribution in [0.3, 0.4) is 0 Å². The third kappa shape index (κ3) is 2.30. The van der Waals surface area contributed by atoms with E-state index in [0.717, 1.165) is 12.8 Å². The van der Waals surface area contributed by atoms with Gasteiger partial charge in [-0.3, -0.25) is 0 Å². The van der Waals surface area contributed by atoms with E-state index in [1.807, 2.05) is 0 Å². The van der Waals surface area contributed by atoms with E-state index < -0.39 is 11.7 Å². The van der Waals surface area contributed by atoms with Gasteiger partial charge in [-0.2, -0.15) is 13.2 Å². The zero-order valence-corrected chi connectivity index (χ0v) is 9.65. The predicted molar refractivity (Wildman–Crippen MR) is 60.3 cm³/mol. The third-order valence-corrected chi connectivity index (χ3v) is 2.84. The van der Waals surface area contributed by atoms with Gasteiger partial charge in [-0.15, -0.1) is 0 Å². The molecule has 0 aliphatic heterocycles. The number of alkyl halides is 3. The summed E-state index contributed by atoms with van der Waals surface area (Å²) in [4.78, 5) is 3.90. The Hall–Kier alpha value is -1.46. The van der Waals surface area contributed by atoms with Crippen LogP contribution in [0, 0.1) is 0 Å². The molecule has 0 saturated heterocycles. The first-order chi connectivity index (χ1) is 7.97. The maximum absolute atomic E-state index is 13.0. The molecule has 1 aliphatic rings. The van der Waals surface area contributed by atoms with Crippen molar-refractivity contribution in [3.8, 4) is 0 Å². The first-order valence-corrected chi connectivity index (χ1v) is 5.45. The molecule has 6 heteroatoms. The lowest BCUT2D eigenvalue weighted by Gasteiger charge is -2.17. The van der Waals surface area contributed by atoms with E-state index in [2.05, 4.69) is 15.6 Å². The minimum absolute atomic E-state index is 0.0221. The van der Waals surface area contributed by atoms with Gasteiger partial charge in [-0.25, -0.2) is 4.98 Å². The number of aromatic nitrogens is 1. The molecule has 94 valence electrons. The minimum Gasteiger partial charge on any atom is -0.373 e. The fraction of sp³-hybridized carbons (Fsp3) is 0.545. The molecule has 2 rings (SSSR count). The average molecular weight is 245 g/mol. The molecule has 0 spiro atoms. The van der Waals surface area contributed by atoms with Crippen molar-refractivity contribution < 1.29 is 13.2 Å². The second-order valence-electron chi connectivity index (χ2n) is 4.09. The summed E-state index contributed by atoms with van der Waals surface area (Å²) in [5, 5.41) is 5.31. The van der Waals surface area contributed by atoms with E-state index in [9.17, 15) is 13.2 Å². The topological polar surface area (TPSA) is 37.0 Å². The molecule has 1 fully saturated rings. The van der Waals surface area contributed by atoms with Crippen molar-refractivity contribution in [2.75, 3.05) is 24.7 Å². The van der Waals surface area contributed by atoms with Crippen LogP contribution >= 0.6 is 0 Å². The van der Waals surface area contributed by atoms with Gasteiger partial charge in [0.15, 0.2) is 0 Å². The molecule has 3 nitrogen and oxygen atoms in total. The van der Waals surface area contributed by atoms with Crippen LogP contribution in [0.1, 0.15) is 29.9 Å². The number of anilines is 2. The van der Waals surface area contributed by atoms with Crippen LogP contribution in [-0.2, 0) is 6.18 Å². The monoisotopic (exact) mass is 245 g/mol. The summed E-state index contributed by atoms with van der Waals surface area (Å²) in [5.74, 6) is 0.379. The van der Waals surface area contributed by atoms with Gasteiger partial charge in [0.2, 0.25) is 0 Å². The van der Waals surface area contributed by atoms with Crippen LogP contribution in [0.25, 0.3) is 0 Å². The van der Waals surface area contributed by atoms with Crippen LogP contribution in [-0.4, -0.2) is 19.1 Å². The molecule has 0 aromatic carbocycles. The van der Waals surface area contributed by atoms with Crippen LogP contribution in [0.2, 0.25) is 0 Å². The van der Waals surface area contributed by atoms with E-state index in [-0.39, 0.29) is 11.7 Å². The van der Waals surface area contributed by atoms with Crippen molar-refractivity contribution in [3.05, 3.63) is 17.2 Å². The summed E-state index contributed by atoms with van der Waals surface area (Å²) in [6, 6.07) is 1.50. The Labute approximate surface area is 97.4 Å². The van der Waals surface area contributed by atoms with Crippen molar-refractivity contribution in [2.24, 2.45) is 0 Å². The van der Waals surface area contributed by atoms with Crippen LogP contribution in [0.15, 0.2) is 6.07 Å². The fourth-order valence-electron chi connectivity index (χ4n) is 1.89. The number of rotatable bonds is 3. The Morgan fingerprint density at radius 1 is 1.24 bits per heavy atom. The molecule has 2 N–H and O–H groups in total. The molecule has 1 aromatic rings. The molecule has 17 heavy (non-hydrogen) atoms. The highest BCUT2D eigenvalue weighted by atomic mass is 19.4. The summed E-state index contributed by atoms with van der Waals surface area (Å²) in [7, 11) is 3.10. The quantitative estimate of drug-likeness (QED) is 0.859. The third-order valence-electron chi connectivity index (χ3n) is 2.84. The maximum Gasteiger partial charge on any atom is 0.420 e. The highest BCUT2D eigenvalue weighted by molar-refractivity contribution is 5.58. The fourth-order valence-corrected chi connectivity index (χ4v) is 1.89. The average Bonchev–Trinajstić information content (AvgIpc) is 3.09. The van der Waals surface area contributed by atoms with Gasteiger partial charge in [0.05, 0.1) is 0 Å². The van der Waals surface area contributed by atoms with Gasteiger partial charge in [0.25, 0.3) is 0 Å².